The molecule has 4 aromatic rings. The number of rotatable bonds is 15. The van der Waals surface area contributed by atoms with E-state index in [4.69, 9.17) is 14.7 Å². The monoisotopic (exact) mass is 706 g/mol. The minimum absolute atomic E-state index is 0.00597. The van der Waals surface area contributed by atoms with E-state index in [-0.39, 0.29) is 31.1 Å². The smallest absolute Gasteiger partial charge is 0.243 e. The number of carbonyl (C=O) groups is 2. The lowest BCUT2D eigenvalue weighted by molar-refractivity contribution is -0.253. The lowest BCUT2D eigenvalue weighted by atomic mass is 9.98. The number of hydroxylamine groups is 1. The molecule has 2 aliphatic rings. The van der Waals surface area contributed by atoms with Crippen LogP contribution in [0, 0.1) is 0 Å². The van der Waals surface area contributed by atoms with Crippen molar-refractivity contribution in [1.29, 1.82) is 0 Å². The average Bonchev–Trinajstić information content (AvgIpc) is 3.20. The summed E-state index contributed by atoms with van der Waals surface area (Å²) in [4.78, 5) is 28.5. The molecule has 3 atom stereocenters. The molecule has 0 aromatic heterocycles. The zero-order valence-electron chi connectivity index (χ0n) is 29.7. The van der Waals surface area contributed by atoms with E-state index < -0.39 is 12.2 Å². The molecule has 10 heteroatoms. The van der Waals surface area contributed by atoms with Gasteiger partial charge in [-0.1, -0.05) is 97.1 Å². The van der Waals surface area contributed by atoms with Crippen molar-refractivity contribution in [2.24, 2.45) is 0 Å². The predicted octanol–water partition coefficient (Wildman–Crippen LogP) is 5.89. The van der Waals surface area contributed by atoms with Crippen molar-refractivity contribution in [2.75, 3.05) is 32.7 Å². The van der Waals surface area contributed by atoms with Gasteiger partial charge < -0.3 is 19.9 Å². The second kappa shape index (κ2) is 18.9. The Morgan fingerprint density at radius 2 is 1.37 bits per heavy atom. The molecule has 0 unspecified atom stereocenters. The third kappa shape index (κ3) is 10.8. The zero-order valence-corrected chi connectivity index (χ0v) is 29.7. The van der Waals surface area contributed by atoms with Gasteiger partial charge in [-0.05, 0) is 52.3 Å². The number of amides is 2. The third-order valence-electron chi connectivity index (χ3n) is 9.91. The van der Waals surface area contributed by atoms with E-state index >= 15 is 0 Å². The van der Waals surface area contributed by atoms with Crippen LogP contribution in [0.25, 0.3) is 11.1 Å². The maximum absolute atomic E-state index is 12.3. The summed E-state index contributed by atoms with van der Waals surface area (Å²) in [6, 6.07) is 35.1. The van der Waals surface area contributed by atoms with Crippen molar-refractivity contribution in [1.82, 2.24) is 20.6 Å². The van der Waals surface area contributed by atoms with Crippen LogP contribution in [0.4, 0.5) is 0 Å². The maximum Gasteiger partial charge on any atom is 0.243 e. The molecule has 4 N–H and O–H groups in total. The van der Waals surface area contributed by atoms with Crippen molar-refractivity contribution < 1.29 is 29.4 Å². The molecule has 0 spiro atoms. The Morgan fingerprint density at radius 1 is 0.692 bits per heavy atom. The van der Waals surface area contributed by atoms with E-state index in [1.54, 1.807) is 5.48 Å². The van der Waals surface area contributed by atoms with Gasteiger partial charge in [-0.25, -0.2) is 5.48 Å². The summed E-state index contributed by atoms with van der Waals surface area (Å²) in [5.74, 6) is -0.514. The molecule has 2 heterocycles. The first-order valence-electron chi connectivity index (χ1n) is 18.3. The Bertz CT molecular complexity index is 1710. The van der Waals surface area contributed by atoms with E-state index in [0.717, 1.165) is 79.1 Å². The molecule has 2 aliphatic heterocycles. The number of ether oxygens (including phenoxy) is 2. The second-order valence-electron chi connectivity index (χ2n) is 13.8. The average molecular weight is 707 g/mol. The Labute approximate surface area is 306 Å². The number of hydrogen-bond acceptors (Lipinski definition) is 8. The first-order chi connectivity index (χ1) is 25.4. The highest BCUT2D eigenvalue weighted by molar-refractivity contribution is 5.76. The van der Waals surface area contributed by atoms with Gasteiger partial charge in [0.25, 0.3) is 0 Å². The lowest BCUT2D eigenvalue weighted by Gasteiger charge is -2.40. The van der Waals surface area contributed by atoms with Crippen molar-refractivity contribution in [2.45, 2.75) is 70.3 Å². The molecule has 52 heavy (non-hydrogen) atoms. The minimum Gasteiger partial charge on any atom is -0.392 e. The summed E-state index contributed by atoms with van der Waals surface area (Å²) in [6.07, 6.45) is 1.72. The van der Waals surface area contributed by atoms with Gasteiger partial charge in [0, 0.05) is 70.6 Å². The summed E-state index contributed by atoms with van der Waals surface area (Å²) in [6.45, 7) is 6.28. The molecule has 2 amide bonds. The lowest BCUT2D eigenvalue weighted by Crippen LogP contribution is -2.49. The summed E-state index contributed by atoms with van der Waals surface area (Å²) in [5, 5.41) is 21.1. The second-order valence-corrected chi connectivity index (χ2v) is 13.8. The fraction of sp³-hybridized carbons (Fsp3) is 0.381. The number of carbonyl (C=O) groups excluding carboxylic acids is 2. The van der Waals surface area contributed by atoms with Gasteiger partial charge >= 0.3 is 0 Å². The van der Waals surface area contributed by atoms with Crippen LogP contribution < -0.4 is 10.8 Å². The highest BCUT2D eigenvalue weighted by atomic mass is 16.7. The van der Waals surface area contributed by atoms with Crippen LogP contribution in [0.1, 0.15) is 72.3 Å². The fourth-order valence-corrected chi connectivity index (χ4v) is 6.90. The number of aliphatic hydroxyl groups excluding tert-OH is 1. The van der Waals surface area contributed by atoms with Crippen molar-refractivity contribution in [3.8, 4) is 11.1 Å². The standard InChI is InChI=1S/C42H50N4O6/c47-30-32-13-15-35(16-14-32)39-26-38(29-46-23-21-45(22-24-46)28-31-7-2-1-3-8-31)51-42(52-39)36-19-17-34(18-20-36)37-10-6-9-33(25-37)27-43-40(48)11-4-5-12-41(49)44-50/h1-3,6-10,13-20,25,38-39,42,47,50H,4-5,11-12,21-24,26-30H2,(H,43,48)(H,44,49)/t38-,39+,42+/m1/s1. The van der Waals surface area contributed by atoms with Gasteiger partial charge in [0.15, 0.2) is 6.29 Å². The molecule has 2 saturated heterocycles. The molecule has 0 bridgehead atoms. The molecule has 4 aromatic carbocycles. The molecule has 0 saturated carbocycles. The quantitative estimate of drug-likeness (QED) is 0.0686. The van der Waals surface area contributed by atoms with Gasteiger partial charge in [0.05, 0.1) is 18.8 Å². The van der Waals surface area contributed by atoms with Crippen LogP contribution in [0.15, 0.2) is 103 Å². The summed E-state index contributed by atoms with van der Waals surface area (Å²) in [7, 11) is 0. The van der Waals surface area contributed by atoms with Crippen LogP contribution in [0.2, 0.25) is 0 Å². The van der Waals surface area contributed by atoms with Gasteiger partial charge in [-0.3, -0.25) is 24.6 Å². The Balaban J connectivity index is 1.07. The fourth-order valence-electron chi connectivity index (χ4n) is 6.90. The van der Waals surface area contributed by atoms with E-state index in [1.165, 1.54) is 5.56 Å². The summed E-state index contributed by atoms with van der Waals surface area (Å²) in [5.41, 5.74) is 8.96. The van der Waals surface area contributed by atoms with Crippen molar-refractivity contribution in [3.63, 3.8) is 0 Å². The van der Waals surface area contributed by atoms with Gasteiger partial charge in [-0.15, -0.1) is 0 Å². The number of unbranched alkanes of at least 4 members (excludes halogenated alkanes) is 1. The number of nitrogens with zero attached hydrogens (tertiary/aromatic N) is 2. The summed E-state index contributed by atoms with van der Waals surface area (Å²) < 4.78 is 13.3. The molecule has 0 radical (unpaired) electrons. The number of benzene rings is 4. The Morgan fingerprint density at radius 3 is 2.08 bits per heavy atom. The van der Waals surface area contributed by atoms with E-state index in [9.17, 15) is 14.7 Å². The molecular weight excluding hydrogens is 656 g/mol. The largest absolute Gasteiger partial charge is 0.392 e. The highest BCUT2D eigenvalue weighted by Gasteiger charge is 2.34. The molecular formula is C42H50N4O6. The van der Waals surface area contributed by atoms with E-state index in [2.05, 4.69) is 94.0 Å². The zero-order chi connectivity index (χ0) is 36.1. The third-order valence-corrected chi connectivity index (χ3v) is 9.91. The number of piperazine rings is 1. The van der Waals surface area contributed by atoms with Crippen molar-refractivity contribution in [3.05, 3.63) is 131 Å². The Hall–Kier alpha value is -4.42. The highest BCUT2D eigenvalue weighted by Crippen LogP contribution is 2.39. The number of aliphatic hydroxyl groups is 1. The van der Waals surface area contributed by atoms with Gasteiger partial charge in [-0.2, -0.15) is 0 Å². The van der Waals surface area contributed by atoms with Gasteiger partial charge in [0.1, 0.15) is 0 Å². The predicted molar refractivity (Wildman–Crippen MR) is 199 cm³/mol. The van der Waals surface area contributed by atoms with Gasteiger partial charge in [0.2, 0.25) is 11.8 Å². The molecule has 10 nitrogen and oxygen atoms in total. The van der Waals surface area contributed by atoms with Crippen LogP contribution in [0.3, 0.4) is 0 Å². The van der Waals surface area contributed by atoms with Crippen LogP contribution in [-0.2, 0) is 38.8 Å². The molecule has 274 valence electrons. The van der Waals surface area contributed by atoms with E-state index in [0.29, 0.717) is 25.8 Å². The number of hydrogen-bond donors (Lipinski definition) is 4. The molecule has 2 fully saturated rings. The number of nitrogens with one attached hydrogen (secondary N) is 2. The summed E-state index contributed by atoms with van der Waals surface area (Å²) >= 11 is 0. The SMILES string of the molecule is O=C(CCCCC(=O)NCc1cccc(-c2ccc([C@H]3O[C@@H](CN4CCN(Cc5ccccc5)CC4)C[C@@H](c4ccc(CO)cc4)O3)cc2)c1)NO. The molecule has 6 rings (SSSR count). The first kappa shape index (κ1) is 37.3. The first-order valence-corrected chi connectivity index (χ1v) is 18.3. The molecule has 0 aliphatic carbocycles. The van der Waals surface area contributed by atoms with Crippen LogP contribution in [0.5, 0.6) is 0 Å². The van der Waals surface area contributed by atoms with Crippen LogP contribution in [-0.4, -0.2) is 70.8 Å². The van der Waals surface area contributed by atoms with Crippen molar-refractivity contribution >= 4 is 11.8 Å². The maximum atomic E-state index is 12.3. The Kier molecular flexibility index (Phi) is 13.6. The normalized spacial score (nSPS) is 19.6. The topological polar surface area (TPSA) is 124 Å². The van der Waals surface area contributed by atoms with E-state index in [1.807, 2.05) is 24.3 Å². The minimum atomic E-state index is -0.519. The van der Waals surface area contributed by atoms with Crippen LogP contribution >= 0.6 is 0 Å².